The fraction of sp³-hybridized carbons (Fsp3) is 0.500. The molecule has 10 heavy (non-hydrogen) atoms. The number of hydrogen-bond acceptors (Lipinski definition) is 2. The van der Waals surface area contributed by atoms with Crippen molar-refractivity contribution in [2.24, 2.45) is 0 Å². The molecule has 0 aliphatic heterocycles. The molecule has 4 heteroatoms. The lowest BCUT2D eigenvalue weighted by atomic mass is 10.4. The van der Waals surface area contributed by atoms with Gasteiger partial charge in [0.1, 0.15) is 5.76 Å². The van der Waals surface area contributed by atoms with Crippen molar-refractivity contribution in [1.29, 1.82) is 0 Å². The van der Waals surface area contributed by atoms with Crippen molar-refractivity contribution in [3.05, 3.63) is 11.8 Å². The first-order valence-corrected chi connectivity index (χ1v) is 3.49. The molecular weight excluding hydrogens is 175 g/mol. The predicted molar refractivity (Wildman–Crippen MR) is 41.3 cm³/mol. The Morgan fingerprint density at radius 1 is 1.60 bits per heavy atom. The van der Waals surface area contributed by atoms with E-state index in [9.17, 15) is 4.79 Å². The van der Waals surface area contributed by atoms with E-state index in [1.54, 1.807) is 0 Å². The Morgan fingerprint density at radius 2 is 2.10 bits per heavy atom. The number of carbonyl (C=O) groups excluding carboxylic acids is 1. The standard InChI is InChI=1S/C6H8Cl2O2/c1-4(9)3-5(10-2)6(7)8/h3,6H,1-2H3. The number of carbonyl (C=O) groups is 1. The second-order valence-electron chi connectivity index (χ2n) is 1.66. The van der Waals surface area contributed by atoms with Crippen LogP contribution >= 0.6 is 23.2 Å². The maximum atomic E-state index is 10.4. The van der Waals surface area contributed by atoms with Crippen LogP contribution < -0.4 is 0 Å². The van der Waals surface area contributed by atoms with Crippen LogP contribution in [0.2, 0.25) is 0 Å². The van der Waals surface area contributed by atoms with Crippen molar-refractivity contribution >= 4 is 29.0 Å². The Kier molecular flexibility index (Phi) is 4.49. The van der Waals surface area contributed by atoms with Gasteiger partial charge >= 0.3 is 0 Å². The summed E-state index contributed by atoms with van der Waals surface area (Å²) in [7, 11) is 1.41. The Hall–Kier alpha value is -0.210. The molecule has 0 fully saturated rings. The summed E-state index contributed by atoms with van der Waals surface area (Å²) in [5.41, 5.74) is 0. The minimum Gasteiger partial charge on any atom is -0.498 e. The third kappa shape index (κ3) is 3.75. The Balaban J connectivity index is 4.18. The van der Waals surface area contributed by atoms with Crippen molar-refractivity contribution in [2.45, 2.75) is 11.8 Å². The molecule has 0 amide bonds. The van der Waals surface area contributed by atoms with Crippen molar-refractivity contribution in [1.82, 2.24) is 0 Å². The van der Waals surface area contributed by atoms with Crippen LogP contribution in [0.5, 0.6) is 0 Å². The minimum atomic E-state index is -0.770. The van der Waals surface area contributed by atoms with Gasteiger partial charge in [0.2, 0.25) is 0 Å². The van der Waals surface area contributed by atoms with Gasteiger partial charge < -0.3 is 4.74 Å². The first-order valence-electron chi connectivity index (χ1n) is 2.62. The number of methoxy groups -OCH3 is 1. The van der Waals surface area contributed by atoms with E-state index in [0.717, 1.165) is 0 Å². The summed E-state index contributed by atoms with van der Waals surface area (Å²) in [5.74, 6) is 0.138. The van der Waals surface area contributed by atoms with Gasteiger partial charge in [-0.1, -0.05) is 23.2 Å². The molecule has 0 aliphatic rings. The van der Waals surface area contributed by atoms with E-state index in [-0.39, 0.29) is 11.5 Å². The highest BCUT2D eigenvalue weighted by atomic mass is 35.5. The average molecular weight is 183 g/mol. The number of allylic oxidation sites excluding steroid dienone is 2. The third-order valence-corrected chi connectivity index (χ3v) is 1.23. The van der Waals surface area contributed by atoms with Crippen LogP contribution in [-0.4, -0.2) is 17.7 Å². The summed E-state index contributed by atoms with van der Waals surface area (Å²) >= 11 is 10.8. The Bertz CT molecular complexity index is 152. The van der Waals surface area contributed by atoms with E-state index >= 15 is 0 Å². The number of ketones is 1. The molecule has 0 spiro atoms. The van der Waals surface area contributed by atoms with Crippen LogP contribution in [-0.2, 0) is 9.53 Å². The third-order valence-electron chi connectivity index (χ3n) is 0.796. The molecule has 0 aromatic rings. The van der Waals surface area contributed by atoms with Gasteiger partial charge in [-0.3, -0.25) is 4.79 Å². The lowest BCUT2D eigenvalue weighted by Gasteiger charge is -2.03. The zero-order valence-electron chi connectivity index (χ0n) is 5.73. The number of ether oxygens (including phenoxy) is 1. The molecule has 0 saturated heterocycles. The molecule has 0 atom stereocenters. The first-order chi connectivity index (χ1) is 4.57. The first kappa shape index (κ1) is 9.79. The maximum absolute atomic E-state index is 10.4. The topological polar surface area (TPSA) is 26.3 Å². The molecule has 0 aliphatic carbocycles. The van der Waals surface area contributed by atoms with Crippen LogP contribution in [0.15, 0.2) is 11.8 Å². The van der Waals surface area contributed by atoms with Crippen LogP contribution in [0.1, 0.15) is 6.92 Å². The largest absolute Gasteiger partial charge is 0.498 e. The molecule has 58 valence electrons. The van der Waals surface area contributed by atoms with E-state index in [2.05, 4.69) is 0 Å². The number of halogens is 2. The molecule has 0 N–H and O–H groups in total. The lowest BCUT2D eigenvalue weighted by molar-refractivity contribution is -0.112. The highest BCUT2D eigenvalue weighted by molar-refractivity contribution is 6.46. The lowest BCUT2D eigenvalue weighted by Crippen LogP contribution is -1.99. The Morgan fingerprint density at radius 3 is 2.20 bits per heavy atom. The van der Waals surface area contributed by atoms with Crippen molar-refractivity contribution in [2.75, 3.05) is 7.11 Å². The molecule has 2 nitrogen and oxygen atoms in total. The van der Waals surface area contributed by atoms with Crippen molar-refractivity contribution < 1.29 is 9.53 Å². The van der Waals surface area contributed by atoms with E-state index in [0.29, 0.717) is 0 Å². The van der Waals surface area contributed by atoms with Crippen LogP contribution in [0.25, 0.3) is 0 Å². The fourth-order valence-electron chi connectivity index (χ4n) is 0.411. The molecule has 0 heterocycles. The quantitative estimate of drug-likeness (QED) is 0.379. The summed E-state index contributed by atoms with van der Waals surface area (Å²) in [6.07, 6.45) is 1.25. The van der Waals surface area contributed by atoms with Gasteiger partial charge in [-0.2, -0.15) is 0 Å². The summed E-state index contributed by atoms with van der Waals surface area (Å²) in [4.78, 5) is 9.67. The zero-order chi connectivity index (χ0) is 8.15. The van der Waals surface area contributed by atoms with E-state index in [1.807, 2.05) is 0 Å². The van der Waals surface area contributed by atoms with Gasteiger partial charge in [-0.25, -0.2) is 0 Å². The second-order valence-corrected chi connectivity index (χ2v) is 2.76. The molecule has 0 bridgehead atoms. The second kappa shape index (κ2) is 4.58. The van der Waals surface area contributed by atoms with Gasteiger partial charge in [0, 0.05) is 6.08 Å². The normalized spacial score (nSPS) is 11.9. The monoisotopic (exact) mass is 182 g/mol. The van der Waals surface area contributed by atoms with Gasteiger partial charge in [0.25, 0.3) is 0 Å². The summed E-state index contributed by atoms with van der Waals surface area (Å²) in [6.45, 7) is 1.40. The number of rotatable bonds is 3. The van der Waals surface area contributed by atoms with Crippen LogP contribution in [0.4, 0.5) is 0 Å². The molecule has 0 unspecified atom stereocenters. The SMILES string of the molecule is COC(=CC(C)=O)C(Cl)Cl. The highest BCUT2D eigenvalue weighted by Crippen LogP contribution is 2.14. The van der Waals surface area contributed by atoms with Gasteiger partial charge in [-0.15, -0.1) is 0 Å². The maximum Gasteiger partial charge on any atom is 0.164 e. The van der Waals surface area contributed by atoms with Crippen molar-refractivity contribution in [3.8, 4) is 0 Å². The Labute approximate surface area is 69.8 Å². The van der Waals surface area contributed by atoms with Crippen LogP contribution in [0, 0.1) is 0 Å². The van der Waals surface area contributed by atoms with E-state index in [4.69, 9.17) is 27.9 Å². The summed E-state index contributed by atoms with van der Waals surface area (Å²) < 4.78 is 4.70. The number of alkyl halides is 2. The van der Waals surface area contributed by atoms with Gasteiger partial charge in [0.15, 0.2) is 10.6 Å². The van der Waals surface area contributed by atoms with E-state index < -0.39 is 4.84 Å². The molecule has 0 rings (SSSR count). The smallest absolute Gasteiger partial charge is 0.164 e. The molecule has 0 radical (unpaired) electrons. The molecule has 0 saturated carbocycles. The van der Waals surface area contributed by atoms with Gasteiger partial charge in [0.05, 0.1) is 7.11 Å². The van der Waals surface area contributed by atoms with Gasteiger partial charge in [-0.05, 0) is 6.92 Å². The summed E-state index contributed by atoms with van der Waals surface area (Å²) in [6, 6.07) is 0. The minimum absolute atomic E-state index is 0.136. The average Bonchev–Trinajstić information content (AvgIpc) is 1.81. The van der Waals surface area contributed by atoms with Crippen LogP contribution in [0.3, 0.4) is 0 Å². The molecule has 0 aromatic carbocycles. The molecule has 0 aromatic heterocycles. The predicted octanol–water partition coefficient (Wildman–Crippen LogP) is 1.91. The zero-order valence-corrected chi connectivity index (χ0v) is 7.24. The number of hydrogen-bond donors (Lipinski definition) is 0. The highest BCUT2D eigenvalue weighted by Gasteiger charge is 2.07. The fourth-order valence-corrected chi connectivity index (χ4v) is 0.716. The molecular formula is C6H8Cl2O2. The summed E-state index contributed by atoms with van der Waals surface area (Å²) in [5, 5.41) is 0. The van der Waals surface area contributed by atoms with E-state index in [1.165, 1.54) is 20.1 Å². The van der Waals surface area contributed by atoms with Crippen molar-refractivity contribution in [3.63, 3.8) is 0 Å².